The monoisotopic (exact) mass is 280 g/mol. The van der Waals surface area contributed by atoms with Crippen LogP contribution in [0.15, 0.2) is 42.0 Å². The molecule has 1 saturated heterocycles. The molecule has 0 aromatic heterocycles. The number of benzene rings is 2. The number of carbonyl (C=O) groups excluding carboxylic acids is 1. The summed E-state index contributed by atoms with van der Waals surface area (Å²) in [5, 5.41) is 2.45. The first kappa shape index (κ1) is 13.8. The third-order valence-corrected chi connectivity index (χ3v) is 3.87. The van der Waals surface area contributed by atoms with Crippen molar-refractivity contribution in [2.24, 2.45) is 0 Å². The van der Waals surface area contributed by atoms with E-state index in [0.29, 0.717) is 6.54 Å². The molecule has 0 unspecified atom stereocenters. The van der Waals surface area contributed by atoms with Gasteiger partial charge in [-0.2, -0.15) is 0 Å². The van der Waals surface area contributed by atoms with Gasteiger partial charge in [0, 0.05) is 12.1 Å². The van der Waals surface area contributed by atoms with E-state index in [2.05, 4.69) is 62.0 Å². The fraction of sp³-hybridized carbons (Fsp3) is 0.278. The van der Waals surface area contributed by atoms with Crippen molar-refractivity contribution >= 4 is 22.8 Å². The predicted octanol–water partition coefficient (Wildman–Crippen LogP) is 3.16. The van der Waals surface area contributed by atoms with E-state index in [9.17, 15) is 4.79 Å². The number of hydrogen-bond acceptors (Lipinski definition) is 2. The molecule has 1 amide bonds. The lowest BCUT2D eigenvalue weighted by Crippen LogP contribution is -2.25. The molecule has 21 heavy (non-hydrogen) atoms. The van der Waals surface area contributed by atoms with Crippen molar-refractivity contribution in [3.63, 3.8) is 0 Å². The molecule has 3 nitrogen and oxygen atoms in total. The summed E-state index contributed by atoms with van der Waals surface area (Å²) in [7, 11) is 0. The summed E-state index contributed by atoms with van der Waals surface area (Å²) in [6.07, 6.45) is 1.98. The van der Waals surface area contributed by atoms with E-state index in [-0.39, 0.29) is 11.3 Å². The van der Waals surface area contributed by atoms with E-state index < -0.39 is 0 Å². The van der Waals surface area contributed by atoms with Crippen LogP contribution in [-0.4, -0.2) is 12.5 Å². The fourth-order valence-corrected chi connectivity index (χ4v) is 2.79. The van der Waals surface area contributed by atoms with Crippen molar-refractivity contribution in [1.29, 1.82) is 0 Å². The van der Waals surface area contributed by atoms with Gasteiger partial charge in [-0.15, -0.1) is 0 Å². The second kappa shape index (κ2) is 5.01. The van der Waals surface area contributed by atoms with Gasteiger partial charge in [-0.05, 0) is 33.4 Å². The van der Waals surface area contributed by atoms with Crippen LogP contribution in [0.2, 0.25) is 0 Å². The summed E-state index contributed by atoms with van der Waals surface area (Å²) in [5.41, 5.74) is 8.75. The minimum absolute atomic E-state index is 0.0426. The normalized spacial score (nSPS) is 17.5. The Hall–Kier alpha value is -2.13. The topological polar surface area (TPSA) is 41.1 Å². The van der Waals surface area contributed by atoms with E-state index in [1.54, 1.807) is 0 Å². The zero-order valence-electron chi connectivity index (χ0n) is 12.7. The van der Waals surface area contributed by atoms with E-state index >= 15 is 0 Å². The summed E-state index contributed by atoms with van der Waals surface area (Å²) < 4.78 is 0. The van der Waals surface area contributed by atoms with Crippen molar-refractivity contribution in [1.82, 2.24) is 10.9 Å². The average Bonchev–Trinajstić information content (AvgIpc) is 2.83. The number of amides is 1. The second-order valence-corrected chi connectivity index (χ2v) is 6.48. The number of hydrazine groups is 1. The first-order valence-electron chi connectivity index (χ1n) is 7.23. The summed E-state index contributed by atoms with van der Waals surface area (Å²) in [4.78, 5) is 11.7. The van der Waals surface area contributed by atoms with E-state index in [0.717, 1.165) is 11.1 Å². The van der Waals surface area contributed by atoms with E-state index in [1.807, 2.05) is 12.1 Å². The highest BCUT2D eigenvalue weighted by atomic mass is 16.2. The van der Waals surface area contributed by atoms with E-state index in [1.165, 1.54) is 16.3 Å². The Bertz CT molecular complexity index is 738. The summed E-state index contributed by atoms with van der Waals surface area (Å²) in [5.74, 6) is -0.0426. The highest BCUT2D eigenvalue weighted by Crippen LogP contribution is 2.32. The molecule has 0 bridgehead atoms. The largest absolute Gasteiger partial charge is 0.287 e. The van der Waals surface area contributed by atoms with E-state index in [4.69, 9.17) is 0 Å². The quantitative estimate of drug-likeness (QED) is 0.788. The highest BCUT2D eigenvalue weighted by molar-refractivity contribution is 6.03. The molecular weight excluding hydrogens is 260 g/mol. The first-order chi connectivity index (χ1) is 9.97. The Balaban J connectivity index is 2.20. The van der Waals surface area contributed by atoms with Crippen LogP contribution in [-0.2, 0) is 10.2 Å². The molecule has 1 aliphatic heterocycles. The molecule has 108 valence electrons. The maximum Gasteiger partial charge on any atom is 0.262 e. The van der Waals surface area contributed by atoms with Crippen LogP contribution in [0.25, 0.3) is 16.8 Å². The number of hydrogen-bond donors (Lipinski definition) is 2. The maximum absolute atomic E-state index is 11.7. The Kier molecular flexibility index (Phi) is 3.30. The molecule has 0 aliphatic carbocycles. The Morgan fingerprint density at radius 1 is 1.05 bits per heavy atom. The molecule has 1 heterocycles. The summed E-state index contributed by atoms with van der Waals surface area (Å²) in [6.45, 7) is 7.23. The lowest BCUT2D eigenvalue weighted by molar-refractivity contribution is -0.116. The van der Waals surface area contributed by atoms with Gasteiger partial charge < -0.3 is 0 Å². The van der Waals surface area contributed by atoms with Gasteiger partial charge in [0.15, 0.2) is 0 Å². The van der Waals surface area contributed by atoms with Gasteiger partial charge in [-0.3, -0.25) is 10.2 Å². The van der Waals surface area contributed by atoms with Gasteiger partial charge in [0.1, 0.15) is 0 Å². The Morgan fingerprint density at radius 3 is 2.38 bits per heavy atom. The van der Waals surface area contributed by atoms with Crippen molar-refractivity contribution < 1.29 is 4.79 Å². The van der Waals surface area contributed by atoms with Crippen LogP contribution in [0.4, 0.5) is 0 Å². The fourth-order valence-electron chi connectivity index (χ4n) is 2.79. The molecule has 3 heteroatoms. The molecule has 1 aliphatic rings. The van der Waals surface area contributed by atoms with Gasteiger partial charge in [0.2, 0.25) is 0 Å². The standard InChI is InChI=1S/C18H20N2O/c1-18(2,3)16-9-8-12(10-13-11-19-20-17(13)21)14-6-4-5-7-15(14)16/h4-10,19H,11H2,1-3H3,(H,20,21)/b13-10+. The highest BCUT2D eigenvalue weighted by Gasteiger charge is 2.19. The SMILES string of the molecule is CC(C)(C)c1ccc(/C=C2\CNNC2=O)c2ccccc12. The molecule has 0 saturated carbocycles. The molecule has 2 aromatic rings. The molecule has 2 aromatic carbocycles. The second-order valence-electron chi connectivity index (χ2n) is 6.48. The smallest absolute Gasteiger partial charge is 0.262 e. The van der Waals surface area contributed by atoms with Crippen LogP contribution in [0.1, 0.15) is 31.9 Å². The molecule has 0 spiro atoms. The predicted molar refractivity (Wildman–Crippen MR) is 86.8 cm³/mol. The number of nitrogens with one attached hydrogen (secondary N) is 2. The van der Waals surface area contributed by atoms with Crippen LogP contribution >= 0.6 is 0 Å². The zero-order chi connectivity index (χ0) is 15.0. The van der Waals surface area contributed by atoms with Gasteiger partial charge in [0.25, 0.3) is 5.91 Å². The molecular formula is C18H20N2O. The Labute approximate surface area is 125 Å². The van der Waals surface area contributed by atoms with Crippen LogP contribution in [0, 0.1) is 0 Å². The zero-order valence-corrected chi connectivity index (χ0v) is 12.7. The van der Waals surface area contributed by atoms with Gasteiger partial charge in [0.05, 0.1) is 0 Å². The van der Waals surface area contributed by atoms with Crippen LogP contribution in [0.3, 0.4) is 0 Å². The van der Waals surface area contributed by atoms with Crippen molar-refractivity contribution in [3.8, 4) is 0 Å². The molecule has 2 N–H and O–H groups in total. The first-order valence-corrected chi connectivity index (χ1v) is 7.23. The molecule has 0 atom stereocenters. The summed E-state index contributed by atoms with van der Waals surface area (Å²) in [6, 6.07) is 12.7. The Morgan fingerprint density at radius 2 is 1.76 bits per heavy atom. The van der Waals surface area contributed by atoms with Crippen LogP contribution in [0.5, 0.6) is 0 Å². The van der Waals surface area contributed by atoms with Gasteiger partial charge in [-0.25, -0.2) is 5.43 Å². The van der Waals surface area contributed by atoms with Crippen LogP contribution < -0.4 is 10.9 Å². The van der Waals surface area contributed by atoms with Crippen molar-refractivity contribution in [2.75, 3.05) is 6.54 Å². The molecule has 1 fully saturated rings. The van der Waals surface area contributed by atoms with Crippen molar-refractivity contribution in [3.05, 3.63) is 53.1 Å². The van der Waals surface area contributed by atoms with Gasteiger partial charge >= 0.3 is 0 Å². The lowest BCUT2D eigenvalue weighted by atomic mass is 9.82. The molecule has 3 rings (SSSR count). The minimum atomic E-state index is -0.0426. The third kappa shape index (κ3) is 2.57. The third-order valence-electron chi connectivity index (χ3n) is 3.87. The molecule has 0 radical (unpaired) electrons. The van der Waals surface area contributed by atoms with Gasteiger partial charge in [-0.1, -0.05) is 57.2 Å². The lowest BCUT2D eigenvalue weighted by Gasteiger charge is -2.22. The summed E-state index contributed by atoms with van der Waals surface area (Å²) >= 11 is 0. The van der Waals surface area contributed by atoms with Crippen molar-refractivity contribution in [2.45, 2.75) is 26.2 Å². The average molecular weight is 280 g/mol. The number of fused-ring (bicyclic) bond motifs is 1. The maximum atomic E-state index is 11.7. The number of carbonyl (C=O) groups is 1. The minimum Gasteiger partial charge on any atom is -0.287 e. The number of rotatable bonds is 1.